The molecule has 6 heteroatoms. The van der Waals surface area contributed by atoms with Gasteiger partial charge in [0.25, 0.3) is 0 Å². The number of imidazole rings is 1. The van der Waals surface area contributed by atoms with Crippen LogP contribution in [0.5, 0.6) is 0 Å². The second-order valence-electron chi connectivity index (χ2n) is 6.04. The maximum Gasteiger partial charge on any atom is 0.178 e. The van der Waals surface area contributed by atoms with Crippen LogP contribution in [0.4, 0.5) is 0 Å². The van der Waals surface area contributed by atoms with Crippen molar-refractivity contribution in [2.24, 2.45) is 5.73 Å². The summed E-state index contributed by atoms with van der Waals surface area (Å²) in [6.07, 6.45) is 10.5. The number of carbonyl (C=O) groups excluding carboxylic acids is 2. The number of aromatic nitrogens is 2. The number of nitrogens with two attached hydrogens (primary N) is 1. The molecule has 0 amide bonds. The van der Waals surface area contributed by atoms with Crippen LogP contribution in [0.3, 0.4) is 0 Å². The zero-order valence-electron chi connectivity index (χ0n) is 15.7. The van der Waals surface area contributed by atoms with Crippen LogP contribution in [0.1, 0.15) is 16.8 Å². The third-order valence-electron chi connectivity index (χ3n) is 3.73. The van der Waals surface area contributed by atoms with Gasteiger partial charge < -0.3 is 0 Å². The molecule has 1 aromatic heterocycles. The molecule has 0 unspecified atom stereocenters. The monoisotopic (exact) mass is 478 g/mol. The van der Waals surface area contributed by atoms with E-state index in [2.05, 4.69) is 29.2 Å². The molecule has 3 rings (SSSR count). The molecule has 29 heavy (non-hydrogen) atoms. The molecule has 3 aromatic rings. The second-order valence-corrected chi connectivity index (χ2v) is 6.80. The Labute approximate surface area is 181 Å². The summed E-state index contributed by atoms with van der Waals surface area (Å²) in [5, 5.41) is 0. The zero-order valence-corrected chi connectivity index (χ0v) is 17.2. The number of hydrogen-bond donors (Lipinski definition) is 2. The zero-order chi connectivity index (χ0) is 20.9. The van der Waals surface area contributed by atoms with Crippen molar-refractivity contribution in [2.45, 2.75) is 12.5 Å². The number of nitrogens with one attached hydrogen (secondary N) is 1. The third kappa shape index (κ3) is 9.22. The normalized spacial score (nSPS) is 11.8. The maximum atomic E-state index is 11.6. The van der Waals surface area contributed by atoms with Gasteiger partial charge in [-0.2, -0.15) is 0 Å². The van der Waals surface area contributed by atoms with Gasteiger partial charge in [-0.3, -0.25) is 4.79 Å². The number of aromatic amines is 1. The van der Waals surface area contributed by atoms with Gasteiger partial charge in [0.05, 0.1) is 0 Å². The molecule has 0 aliphatic carbocycles. The van der Waals surface area contributed by atoms with Crippen LogP contribution in [-0.4, -0.2) is 26.0 Å². The van der Waals surface area contributed by atoms with E-state index in [-0.39, 0.29) is 10.0 Å². The van der Waals surface area contributed by atoms with Gasteiger partial charge in [-0.25, -0.2) is 0 Å². The van der Waals surface area contributed by atoms with E-state index in [0.29, 0.717) is 6.42 Å². The SMILES string of the molecule is N[C@@H](Cc1c[nH]cn1)[C](=O)[Pd].O=C(C=Cc1ccccc1)C=Cc1ccccc1. The molecule has 0 radical (unpaired) electrons. The van der Waals surface area contributed by atoms with Crippen LogP contribution >= 0.6 is 0 Å². The first kappa shape index (κ1) is 22.4. The molecule has 0 saturated carbocycles. The molecule has 0 spiro atoms. The molecule has 0 fully saturated rings. The van der Waals surface area contributed by atoms with E-state index in [9.17, 15) is 9.59 Å². The van der Waals surface area contributed by atoms with Gasteiger partial charge in [0.1, 0.15) is 0 Å². The van der Waals surface area contributed by atoms with Crippen LogP contribution in [0.25, 0.3) is 12.2 Å². The molecule has 0 aliphatic heterocycles. The number of carbonyl (C=O) groups is 2. The molecule has 0 bridgehead atoms. The van der Waals surface area contributed by atoms with Gasteiger partial charge in [-0.15, -0.1) is 0 Å². The maximum absolute atomic E-state index is 11.6. The van der Waals surface area contributed by atoms with Crippen molar-refractivity contribution in [3.05, 3.63) is 102 Å². The van der Waals surface area contributed by atoms with Gasteiger partial charge in [-0.1, -0.05) is 72.8 Å². The Balaban J connectivity index is 0.000000234. The Hall–Kier alpha value is -2.91. The number of ketones is 1. The first-order chi connectivity index (χ1) is 14.0. The van der Waals surface area contributed by atoms with E-state index in [4.69, 9.17) is 5.73 Å². The van der Waals surface area contributed by atoms with Crippen LogP contribution in [0.2, 0.25) is 0 Å². The Kier molecular flexibility index (Phi) is 9.67. The van der Waals surface area contributed by atoms with E-state index in [1.807, 2.05) is 72.8 Å². The molecule has 2 aromatic carbocycles. The van der Waals surface area contributed by atoms with Crippen LogP contribution in [0, 0.1) is 0 Å². The standard InChI is InChI=1S/C17H14O.C6H8N3O.Pd/c18-17(13-11-15-7-3-1-4-8-15)14-12-16-9-5-2-6-10-16;7-5(3-10)1-6-2-8-4-9-6;/h1-14H;2,4-5H,1,7H2,(H,8,9);/t;5-;/m.0./s1. The van der Waals surface area contributed by atoms with Crippen molar-refractivity contribution in [1.82, 2.24) is 9.97 Å². The average Bonchev–Trinajstić information content (AvgIpc) is 3.26. The minimum Gasteiger partial charge on any atom is -0.290 e. The van der Waals surface area contributed by atoms with Gasteiger partial charge >= 0.3 is 74.6 Å². The Morgan fingerprint density at radius 3 is 1.90 bits per heavy atom. The van der Waals surface area contributed by atoms with Gasteiger partial charge in [0.2, 0.25) is 0 Å². The Morgan fingerprint density at radius 1 is 0.966 bits per heavy atom. The molecule has 3 N–H and O–H groups in total. The van der Waals surface area contributed by atoms with E-state index in [1.54, 1.807) is 24.7 Å². The van der Waals surface area contributed by atoms with Crippen molar-refractivity contribution in [2.75, 3.05) is 0 Å². The number of allylic oxidation sites excluding steroid dienone is 2. The van der Waals surface area contributed by atoms with Crippen LogP contribution < -0.4 is 5.73 Å². The van der Waals surface area contributed by atoms with E-state index in [1.165, 1.54) is 0 Å². The fraction of sp³-hybridized carbons (Fsp3) is 0.0870. The molecular formula is C23H22N3O2Pd. The van der Waals surface area contributed by atoms with E-state index in [0.717, 1.165) is 16.8 Å². The third-order valence-corrected chi connectivity index (χ3v) is 4.31. The quantitative estimate of drug-likeness (QED) is 0.403. The first-order valence-electron chi connectivity index (χ1n) is 8.94. The number of nitrogens with zero attached hydrogens (tertiary/aromatic N) is 1. The van der Waals surface area contributed by atoms with Gasteiger partial charge in [-0.05, 0) is 23.3 Å². The second kappa shape index (κ2) is 12.5. The number of H-pyrrole nitrogens is 1. The largest absolute Gasteiger partial charge is 0.290 e. The van der Waals surface area contributed by atoms with Crippen molar-refractivity contribution in [3.63, 3.8) is 0 Å². The summed E-state index contributed by atoms with van der Waals surface area (Å²) in [4.78, 5) is 29.0. The topological polar surface area (TPSA) is 88.8 Å². The van der Waals surface area contributed by atoms with Crippen LogP contribution in [0.15, 0.2) is 85.3 Å². The fourth-order valence-corrected chi connectivity index (χ4v) is 2.40. The molecule has 1 heterocycles. The fourth-order valence-electron chi connectivity index (χ4n) is 2.24. The molecule has 1 atom stereocenters. The van der Waals surface area contributed by atoms with Crippen molar-refractivity contribution in [1.29, 1.82) is 0 Å². The molecule has 0 aliphatic rings. The molecule has 151 valence electrons. The smallest absolute Gasteiger partial charge is 0.178 e. The number of rotatable bonds is 7. The predicted octanol–water partition coefficient (Wildman–Crippen LogP) is 3.34. The summed E-state index contributed by atoms with van der Waals surface area (Å²) >= 11 is 2.52. The molecular weight excluding hydrogens is 457 g/mol. The van der Waals surface area contributed by atoms with Gasteiger partial charge in [0.15, 0.2) is 5.78 Å². The van der Waals surface area contributed by atoms with E-state index >= 15 is 0 Å². The first-order valence-corrected chi connectivity index (χ1v) is 9.72. The van der Waals surface area contributed by atoms with Crippen molar-refractivity contribution in [3.8, 4) is 0 Å². The van der Waals surface area contributed by atoms with E-state index < -0.39 is 6.04 Å². The van der Waals surface area contributed by atoms with Crippen molar-refractivity contribution < 1.29 is 28.8 Å². The Bertz CT molecular complexity index is 885. The summed E-state index contributed by atoms with van der Waals surface area (Å²) in [5.41, 5.74) is 8.32. The summed E-state index contributed by atoms with van der Waals surface area (Å²) in [6, 6.07) is 19.1. The molecule has 0 saturated heterocycles. The summed E-state index contributed by atoms with van der Waals surface area (Å²) in [5.74, 6) is -0.0114. The summed E-state index contributed by atoms with van der Waals surface area (Å²) in [6.45, 7) is 0. The average molecular weight is 479 g/mol. The predicted molar refractivity (Wildman–Crippen MR) is 111 cm³/mol. The molecule has 5 nitrogen and oxygen atoms in total. The minimum atomic E-state index is -0.485. The van der Waals surface area contributed by atoms with Crippen LogP contribution in [-0.2, 0) is 35.2 Å². The number of benzene rings is 2. The number of hydrogen-bond acceptors (Lipinski definition) is 4. The Morgan fingerprint density at radius 2 is 1.48 bits per heavy atom. The van der Waals surface area contributed by atoms with Crippen molar-refractivity contribution >= 4 is 22.2 Å². The minimum absolute atomic E-state index is 0.0114. The summed E-state index contributed by atoms with van der Waals surface area (Å²) in [7, 11) is 0. The summed E-state index contributed by atoms with van der Waals surface area (Å²) < 4.78 is -0.156. The van der Waals surface area contributed by atoms with Gasteiger partial charge in [0, 0.05) is 0 Å².